The lowest BCUT2D eigenvalue weighted by Gasteiger charge is -2.60. The summed E-state index contributed by atoms with van der Waals surface area (Å²) >= 11 is 0. The van der Waals surface area contributed by atoms with Gasteiger partial charge in [-0.25, -0.2) is 0 Å². The van der Waals surface area contributed by atoms with Crippen molar-refractivity contribution in [3.05, 3.63) is 0 Å². The second-order valence-corrected chi connectivity index (χ2v) is 24.0. The van der Waals surface area contributed by atoms with Gasteiger partial charge in [0.1, 0.15) is 11.2 Å². The van der Waals surface area contributed by atoms with Gasteiger partial charge in [-0.3, -0.25) is 28.8 Å². The Bertz CT molecular complexity index is 1920. The molecule has 13 aliphatic rings. The normalized spacial score (nSPS) is 49.8. The number of ether oxygens (including phenoxy) is 6. The molecule has 0 spiro atoms. The molecular formula is C49H66O13. The molecular weight excluding hydrogens is 797 g/mol. The lowest BCUT2D eigenvalue weighted by Crippen LogP contribution is -2.62. The fourth-order valence-electron chi connectivity index (χ4n) is 17.9. The lowest BCUT2D eigenvalue weighted by molar-refractivity contribution is -0.235. The fraction of sp³-hybridized carbons (Fsp3) is 0.878. The molecule has 3 saturated heterocycles. The van der Waals surface area contributed by atoms with Gasteiger partial charge < -0.3 is 33.5 Å². The quantitative estimate of drug-likeness (QED) is 0.138. The standard InChI is InChI=1S/C49H66O13/c1-25-31-11-32(34-21-58-39(51)36(31)34)33(25)20-44(3,41(53)61-48-16-27-9-28(17-48)13-46(12-27,23-48)43(55)59-35-7-5-6-8-57-35)22-45(4,37-26(2)38(50)60-40(37)52)42(54)62-49-18-29-10-30(19-49)15-47(56,14-29)24-49/h25-37,56H,5-24H2,1-4H3. The Labute approximate surface area is 364 Å². The minimum Gasteiger partial charge on any atom is -0.465 e. The zero-order chi connectivity index (χ0) is 43.4. The summed E-state index contributed by atoms with van der Waals surface area (Å²) in [5.41, 5.74) is -6.57. The van der Waals surface area contributed by atoms with Crippen LogP contribution < -0.4 is 0 Å². The molecule has 3 heterocycles. The molecule has 0 aromatic rings. The van der Waals surface area contributed by atoms with Crippen molar-refractivity contribution in [2.45, 2.75) is 166 Å². The van der Waals surface area contributed by atoms with Gasteiger partial charge in [0, 0.05) is 25.2 Å². The Kier molecular flexibility index (Phi) is 9.38. The molecule has 3 aliphatic heterocycles. The monoisotopic (exact) mass is 862 g/mol. The molecule has 15 unspecified atom stereocenters. The van der Waals surface area contributed by atoms with Crippen molar-refractivity contribution < 1.29 is 62.3 Å². The van der Waals surface area contributed by atoms with Gasteiger partial charge in [0.2, 0.25) is 6.29 Å². The van der Waals surface area contributed by atoms with Crippen LogP contribution in [0.5, 0.6) is 0 Å². The molecule has 10 aliphatic carbocycles. The Morgan fingerprint density at radius 3 is 2.02 bits per heavy atom. The minimum atomic E-state index is -1.69. The highest BCUT2D eigenvalue weighted by Crippen LogP contribution is 2.67. The number of fused-ring (bicyclic) bond motifs is 5. The van der Waals surface area contributed by atoms with Crippen LogP contribution in [0.25, 0.3) is 0 Å². The SMILES string of the molecule is CC1C(=O)OC(=O)C1C(C)(CC(C)(CC1C(C)C2CC1C1COC(=O)C21)C(=O)OC12CC3CC(C1)CC(C(=O)OC1CCCCO1)(C3)C2)C(=O)OC12CC3CC(CC(O)(C3)C1)C2. The predicted octanol–water partition coefficient (Wildman–Crippen LogP) is 6.39. The first-order chi connectivity index (χ1) is 29.3. The van der Waals surface area contributed by atoms with Crippen LogP contribution in [-0.4, -0.2) is 77.2 Å². The molecule has 0 aromatic carbocycles. The van der Waals surface area contributed by atoms with Gasteiger partial charge in [-0.2, -0.15) is 0 Å². The van der Waals surface area contributed by atoms with E-state index in [2.05, 4.69) is 6.92 Å². The van der Waals surface area contributed by atoms with Crippen LogP contribution in [0.2, 0.25) is 0 Å². The maximum atomic E-state index is 15.7. The smallest absolute Gasteiger partial charge is 0.318 e. The van der Waals surface area contributed by atoms with Crippen molar-refractivity contribution in [2.75, 3.05) is 13.2 Å². The first kappa shape index (κ1) is 41.6. The highest BCUT2D eigenvalue weighted by molar-refractivity contribution is 6.00. The topological polar surface area (TPSA) is 178 Å². The Morgan fingerprint density at radius 2 is 1.40 bits per heavy atom. The second kappa shape index (κ2) is 14.0. The van der Waals surface area contributed by atoms with E-state index < -0.39 is 75.1 Å². The average molecular weight is 863 g/mol. The summed E-state index contributed by atoms with van der Waals surface area (Å²) in [5, 5.41) is 11.6. The molecule has 10 saturated carbocycles. The average Bonchev–Trinajstić information content (AvgIpc) is 3.90. The van der Waals surface area contributed by atoms with Gasteiger partial charge in [-0.15, -0.1) is 0 Å². The van der Waals surface area contributed by atoms with Crippen LogP contribution in [0.3, 0.4) is 0 Å². The van der Waals surface area contributed by atoms with Gasteiger partial charge in [0.15, 0.2) is 0 Å². The third-order valence-corrected chi connectivity index (χ3v) is 19.4. The molecule has 13 heteroatoms. The molecule has 13 rings (SSSR count). The van der Waals surface area contributed by atoms with E-state index in [-0.39, 0.29) is 77.5 Å². The van der Waals surface area contributed by atoms with Gasteiger partial charge in [-0.1, -0.05) is 13.8 Å². The van der Waals surface area contributed by atoms with Crippen LogP contribution in [0.15, 0.2) is 0 Å². The molecule has 13 fully saturated rings. The minimum absolute atomic E-state index is 0.00580. The van der Waals surface area contributed by atoms with Crippen molar-refractivity contribution in [3.63, 3.8) is 0 Å². The Morgan fingerprint density at radius 1 is 0.758 bits per heavy atom. The molecule has 1 N–H and O–H groups in total. The molecule has 340 valence electrons. The molecule has 15 atom stereocenters. The summed E-state index contributed by atoms with van der Waals surface area (Å²) in [4.78, 5) is 85.3. The lowest BCUT2D eigenvalue weighted by atomic mass is 9.47. The van der Waals surface area contributed by atoms with E-state index >= 15 is 9.59 Å². The molecule has 0 radical (unpaired) electrons. The third kappa shape index (κ3) is 6.39. The third-order valence-electron chi connectivity index (χ3n) is 19.4. The fourth-order valence-corrected chi connectivity index (χ4v) is 17.9. The van der Waals surface area contributed by atoms with Crippen molar-refractivity contribution in [1.82, 2.24) is 0 Å². The summed E-state index contributed by atoms with van der Waals surface area (Å²) in [6.07, 6.45) is 11.0. The number of carbonyl (C=O) groups excluding carboxylic acids is 6. The van der Waals surface area contributed by atoms with Crippen molar-refractivity contribution in [2.24, 2.45) is 87.3 Å². The number of aliphatic hydroxyl groups is 1. The maximum Gasteiger partial charge on any atom is 0.318 e. The van der Waals surface area contributed by atoms with E-state index in [1.54, 1.807) is 13.8 Å². The van der Waals surface area contributed by atoms with Crippen LogP contribution in [0, 0.1) is 87.3 Å². The largest absolute Gasteiger partial charge is 0.465 e. The predicted molar refractivity (Wildman–Crippen MR) is 215 cm³/mol. The summed E-state index contributed by atoms with van der Waals surface area (Å²) in [6, 6.07) is 0. The molecule has 0 amide bonds. The second-order valence-electron chi connectivity index (χ2n) is 24.0. The van der Waals surface area contributed by atoms with Gasteiger partial charge in [0.25, 0.3) is 0 Å². The number of hydrogen-bond donors (Lipinski definition) is 1. The van der Waals surface area contributed by atoms with Crippen LogP contribution in [-0.2, 0) is 57.2 Å². The van der Waals surface area contributed by atoms with E-state index in [4.69, 9.17) is 28.4 Å². The molecule has 0 aromatic heterocycles. The summed E-state index contributed by atoms with van der Waals surface area (Å²) in [6.45, 7) is 8.22. The number of esters is 6. The summed E-state index contributed by atoms with van der Waals surface area (Å²) in [5.74, 6) is -4.17. The molecule has 13 nitrogen and oxygen atoms in total. The Hall–Kier alpha value is -3.06. The zero-order valence-corrected chi connectivity index (χ0v) is 37.0. The van der Waals surface area contributed by atoms with Crippen molar-refractivity contribution in [1.29, 1.82) is 0 Å². The zero-order valence-electron chi connectivity index (χ0n) is 37.0. The van der Waals surface area contributed by atoms with E-state index in [0.717, 1.165) is 32.1 Å². The number of cyclic esters (lactones) is 3. The molecule has 10 bridgehead atoms. The van der Waals surface area contributed by atoms with Gasteiger partial charge in [-0.05, 0) is 158 Å². The Balaban J connectivity index is 0.938. The van der Waals surface area contributed by atoms with Crippen LogP contribution >= 0.6 is 0 Å². The van der Waals surface area contributed by atoms with E-state index in [1.807, 2.05) is 6.92 Å². The summed E-state index contributed by atoms with van der Waals surface area (Å²) < 4.78 is 36.5. The molecule has 62 heavy (non-hydrogen) atoms. The number of rotatable bonds is 11. The number of hydrogen-bond acceptors (Lipinski definition) is 13. The van der Waals surface area contributed by atoms with Gasteiger partial charge in [0.05, 0.1) is 52.8 Å². The van der Waals surface area contributed by atoms with E-state index in [1.165, 1.54) is 0 Å². The highest BCUT2D eigenvalue weighted by atomic mass is 16.7. The maximum absolute atomic E-state index is 15.7. The van der Waals surface area contributed by atoms with E-state index in [9.17, 15) is 24.3 Å². The highest BCUT2D eigenvalue weighted by Gasteiger charge is 2.68. The summed E-state index contributed by atoms with van der Waals surface area (Å²) in [7, 11) is 0. The van der Waals surface area contributed by atoms with Crippen molar-refractivity contribution in [3.8, 4) is 0 Å². The van der Waals surface area contributed by atoms with Gasteiger partial charge >= 0.3 is 35.8 Å². The van der Waals surface area contributed by atoms with Crippen LogP contribution in [0.1, 0.15) is 143 Å². The van der Waals surface area contributed by atoms with Crippen molar-refractivity contribution >= 4 is 35.8 Å². The first-order valence-electron chi connectivity index (χ1n) is 24.3. The number of carbonyl (C=O) groups is 6. The first-order valence-corrected chi connectivity index (χ1v) is 24.3. The van der Waals surface area contributed by atoms with E-state index in [0.29, 0.717) is 90.3 Å². The van der Waals surface area contributed by atoms with Crippen LogP contribution in [0.4, 0.5) is 0 Å².